The minimum Gasteiger partial charge on any atom is -0.478 e. The van der Waals surface area contributed by atoms with Crippen molar-refractivity contribution in [1.29, 1.82) is 0 Å². The van der Waals surface area contributed by atoms with Crippen LogP contribution in [0.25, 0.3) is 0 Å². The summed E-state index contributed by atoms with van der Waals surface area (Å²) in [6.45, 7) is 0. The molecule has 0 saturated heterocycles. The maximum absolute atomic E-state index is 10.7. The van der Waals surface area contributed by atoms with Gasteiger partial charge in [0.05, 0.1) is 5.56 Å². The van der Waals surface area contributed by atoms with Crippen LogP contribution in [-0.4, -0.2) is 11.1 Å². The molecule has 0 atom stereocenters. The van der Waals surface area contributed by atoms with Crippen LogP contribution < -0.4 is 5.32 Å². The average Bonchev–Trinajstić information content (AvgIpc) is 2.29. The van der Waals surface area contributed by atoms with Crippen LogP contribution in [0.1, 0.15) is 10.4 Å². The molecule has 0 bridgehead atoms. The zero-order chi connectivity index (χ0) is 12.3. The molecule has 0 heterocycles. The van der Waals surface area contributed by atoms with E-state index in [0.717, 1.165) is 11.4 Å². The van der Waals surface area contributed by atoms with Gasteiger partial charge in [-0.3, -0.25) is 0 Å². The lowest BCUT2D eigenvalue weighted by Crippen LogP contribution is -1.96. The van der Waals surface area contributed by atoms with Gasteiger partial charge >= 0.3 is 5.97 Å². The van der Waals surface area contributed by atoms with Gasteiger partial charge in [-0.25, -0.2) is 4.79 Å². The standard InChI is InChI=1S/C13H10ClNO2/c14-10-2-1-3-12(8-10)15-11-6-4-9(5-7-11)13(16)17/h1-8,15H,(H,16,17). The third kappa shape index (κ3) is 2.98. The summed E-state index contributed by atoms with van der Waals surface area (Å²) in [6, 6.07) is 13.8. The van der Waals surface area contributed by atoms with E-state index in [-0.39, 0.29) is 5.56 Å². The van der Waals surface area contributed by atoms with Crippen molar-refractivity contribution < 1.29 is 9.90 Å². The van der Waals surface area contributed by atoms with Crippen molar-refractivity contribution in [3.8, 4) is 0 Å². The molecule has 0 aromatic heterocycles. The highest BCUT2D eigenvalue weighted by Crippen LogP contribution is 2.20. The summed E-state index contributed by atoms with van der Waals surface area (Å²) >= 11 is 5.86. The van der Waals surface area contributed by atoms with Gasteiger partial charge in [0.2, 0.25) is 0 Å². The second-order valence-corrected chi connectivity index (χ2v) is 3.95. The van der Waals surface area contributed by atoms with Crippen LogP contribution in [0, 0.1) is 0 Å². The fourth-order valence-corrected chi connectivity index (χ4v) is 1.62. The number of nitrogens with one attached hydrogen (secondary N) is 1. The van der Waals surface area contributed by atoms with E-state index in [1.165, 1.54) is 0 Å². The zero-order valence-corrected chi connectivity index (χ0v) is 9.61. The molecule has 3 nitrogen and oxygen atoms in total. The lowest BCUT2D eigenvalue weighted by atomic mass is 10.2. The minimum absolute atomic E-state index is 0.265. The molecule has 0 aliphatic rings. The van der Waals surface area contributed by atoms with Crippen molar-refractivity contribution in [1.82, 2.24) is 0 Å². The molecular formula is C13H10ClNO2. The summed E-state index contributed by atoms with van der Waals surface area (Å²) in [7, 11) is 0. The molecule has 2 aromatic rings. The van der Waals surface area contributed by atoms with E-state index in [9.17, 15) is 4.79 Å². The average molecular weight is 248 g/mol. The Balaban J connectivity index is 2.16. The largest absolute Gasteiger partial charge is 0.478 e. The van der Waals surface area contributed by atoms with Gasteiger partial charge in [0, 0.05) is 16.4 Å². The van der Waals surface area contributed by atoms with Crippen LogP contribution in [-0.2, 0) is 0 Å². The number of hydrogen-bond acceptors (Lipinski definition) is 2. The van der Waals surface area contributed by atoms with E-state index in [2.05, 4.69) is 5.32 Å². The van der Waals surface area contributed by atoms with Crippen LogP contribution in [0.15, 0.2) is 48.5 Å². The fourth-order valence-electron chi connectivity index (χ4n) is 1.43. The second kappa shape index (κ2) is 4.89. The molecule has 0 aliphatic heterocycles. The summed E-state index contributed by atoms with van der Waals surface area (Å²) in [5.41, 5.74) is 1.94. The predicted molar refractivity (Wildman–Crippen MR) is 68.1 cm³/mol. The van der Waals surface area contributed by atoms with Crippen LogP contribution in [0.4, 0.5) is 11.4 Å². The maximum Gasteiger partial charge on any atom is 0.335 e. The third-order valence-electron chi connectivity index (χ3n) is 2.25. The predicted octanol–water partition coefficient (Wildman–Crippen LogP) is 3.78. The summed E-state index contributed by atoms with van der Waals surface area (Å²) in [5.74, 6) is -0.931. The smallest absolute Gasteiger partial charge is 0.335 e. The number of anilines is 2. The van der Waals surface area contributed by atoms with Gasteiger partial charge in [0.15, 0.2) is 0 Å². The number of aromatic carboxylic acids is 1. The van der Waals surface area contributed by atoms with Gasteiger partial charge < -0.3 is 10.4 Å². The number of carbonyl (C=O) groups is 1. The molecule has 2 rings (SSSR count). The number of rotatable bonds is 3. The Morgan fingerprint density at radius 2 is 1.76 bits per heavy atom. The van der Waals surface area contributed by atoms with Crippen LogP contribution in [0.2, 0.25) is 5.02 Å². The van der Waals surface area contributed by atoms with Crippen molar-refractivity contribution in [2.24, 2.45) is 0 Å². The van der Waals surface area contributed by atoms with Crippen molar-refractivity contribution in [2.75, 3.05) is 5.32 Å². The van der Waals surface area contributed by atoms with E-state index >= 15 is 0 Å². The maximum atomic E-state index is 10.7. The summed E-state index contributed by atoms with van der Waals surface area (Å²) in [5, 5.41) is 12.5. The van der Waals surface area contributed by atoms with Crippen molar-refractivity contribution in [2.45, 2.75) is 0 Å². The highest BCUT2D eigenvalue weighted by Gasteiger charge is 2.01. The topological polar surface area (TPSA) is 49.3 Å². The monoisotopic (exact) mass is 247 g/mol. The highest BCUT2D eigenvalue weighted by atomic mass is 35.5. The molecule has 0 aliphatic carbocycles. The Bertz CT molecular complexity index is 537. The van der Waals surface area contributed by atoms with Crippen LogP contribution in [0.5, 0.6) is 0 Å². The summed E-state index contributed by atoms with van der Waals surface area (Å²) in [4.78, 5) is 10.7. The molecule has 0 unspecified atom stereocenters. The normalized spacial score (nSPS) is 9.94. The first-order chi connectivity index (χ1) is 8.15. The van der Waals surface area contributed by atoms with Crippen LogP contribution >= 0.6 is 11.6 Å². The van der Waals surface area contributed by atoms with E-state index in [0.29, 0.717) is 5.02 Å². The number of carboxylic acids is 1. The second-order valence-electron chi connectivity index (χ2n) is 3.52. The number of benzene rings is 2. The molecule has 2 N–H and O–H groups in total. The Morgan fingerprint density at radius 1 is 1.06 bits per heavy atom. The lowest BCUT2D eigenvalue weighted by molar-refractivity contribution is 0.0697. The molecule has 0 fully saturated rings. The first-order valence-electron chi connectivity index (χ1n) is 5.01. The third-order valence-corrected chi connectivity index (χ3v) is 2.48. The van der Waals surface area contributed by atoms with Gasteiger partial charge in [-0.2, -0.15) is 0 Å². The SMILES string of the molecule is O=C(O)c1ccc(Nc2cccc(Cl)c2)cc1. The molecule has 86 valence electrons. The van der Waals surface area contributed by atoms with E-state index in [1.807, 2.05) is 12.1 Å². The fraction of sp³-hybridized carbons (Fsp3) is 0. The first kappa shape index (κ1) is 11.5. The lowest BCUT2D eigenvalue weighted by Gasteiger charge is -2.06. The van der Waals surface area contributed by atoms with E-state index in [1.54, 1.807) is 36.4 Å². The Hall–Kier alpha value is -2.00. The number of hydrogen-bond donors (Lipinski definition) is 2. The first-order valence-corrected chi connectivity index (χ1v) is 5.39. The van der Waals surface area contributed by atoms with Gasteiger partial charge in [-0.1, -0.05) is 17.7 Å². The van der Waals surface area contributed by atoms with Gasteiger partial charge in [0.1, 0.15) is 0 Å². The molecule has 0 saturated carbocycles. The Morgan fingerprint density at radius 3 is 2.35 bits per heavy atom. The zero-order valence-electron chi connectivity index (χ0n) is 8.85. The van der Waals surface area contributed by atoms with Crippen molar-refractivity contribution in [3.05, 3.63) is 59.1 Å². The van der Waals surface area contributed by atoms with Gasteiger partial charge in [0.25, 0.3) is 0 Å². The Labute approximate surface area is 104 Å². The van der Waals surface area contributed by atoms with E-state index < -0.39 is 5.97 Å². The summed E-state index contributed by atoms with van der Waals surface area (Å²) in [6.07, 6.45) is 0. The quantitative estimate of drug-likeness (QED) is 0.868. The molecule has 2 aromatic carbocycles. The van der Waals surface area contributed by atoms with Crippen molar-refractivity contribution in [3.63, 3.8) is 0 Å². The summed E-state index contributed by atoms with van der Waals surface area (Å²) < 4.78 is 0. The highest BCUT2D eigenvalue weighted by molar-refractivity contribution is 6.30. The molecule has 17 heavy (non-hydrogen) atoms. The number of halogens is 1. The molecule has 0 radical (unpaired) electrons. The molecule has 0 amide bonds. The van der Waals surface area contributed by atoms with E-state index in [4.69, 9.17) is 16.7 Å². The molecular weight excluding hydrogens is 238 g/mol. The molecule has 4 heteroatoms. The van der Waals surface area contributed by atoms with Gasteiger partial charge in [-0.15, -0.1) is 0 Å². The molecule has 0 spiro atoms. The van der Waals surface area contributed by atoms with Crippen molar-refractivity contribution >= 4 is 28.9 Å². The number of carboxylic acid groups (broad SMARTS) is 1. The van der Waals surface area contributed by atoms with Gasteiger partial charge in [-0.05, 0) is 42.5 Å². The minimum atomic E-state index is -0.931. The Kier molecular flexibility index (Phi) is 3.30. The van der Waals surface area contributed by atoms with Crippen LogP contribution in [0.3, 0.4) is 0 Å².